The summed E-state index contributed by atoms with van der Waals surface area (Å²) in [4.78, 5) is 0. The minimum absolute atomic E-state index is 0.227. The molecule has 0 bridgehead atoms. The van der Waals surface area contributed by atoms with Gasteiger partial charge in [-0.2, -0.15) is 0 Å². The summed E-state index contributed by atoms with van der Waals surface area (Å²) >= 11 is 0. The number of halogens is 1. The van der Waals surface area contributed by atoms with E-state index in [1.807, 2.05) is 0 Å². The maximum atomic E-state index is 11.6. The van der Waals surface area contributed by atoms with E-state index in [0.29, 0.717) is 6.42 Å². The standard InChI is InChI=1S/C5H4F/c6-5-3-1-2-4-5/h1,3H,2H2. The predicted molar refractivity (Wildman–Crippen MR) is 21.6 cm³/mol. The van der Waals surface area contributed by atoms with Gasteiger partial charge in [0, 0.05) is 0 Å². The van der Waals surface area contributed by atoms with Crippen LogP contribution in [0.3, 0.4) is 0 Å². The van der Waals surface area contributed by atoms with Crippen molar-refractivity contribution in [1.82, 2.24) is 0 Å². The second-order valence-corrected chi connectivity index (χ2v) is 1.13. The van der Waals surface area contributed by atoms with Crippen molar-refractivity contribution in [2.45, 2.75) is 6.42 Å². The molecule has 31 valence electrons. The molecule has 0 spiro atoms. The largest absolute Gasteiger partial charge is 0.207 e. The van der Waals surface area contributed by atoms with Crippen molar-refractivity contribution in [3.05, 3.63) is 24.1 Å². The first-order valence-electron chi connectivity index (χ1n) is 1.82. The fourth-order valence-electron chi connectivity index (χ4n) is 0.378. The van der Waals surface area contributed by atoms with Crippen LogP contribution in [0.15, 0.2) is 18.0 Å². The summed E-state index contributed by atoms with van der Waals surface area (Å²) in [6, 6.07) is 0. The SMILES string of the molecule is FC1=[C]CC=C1. The highest BCUT2D eigenvalue weighted by molar-refractivity contribution is 5.14. The van der Waals surface area contributed by atoms with Crippen LogP contribution in [0.5, 0.6) is 0 Å². The average Bonchev–Trinajstić information content (AvgIpc) is 1.86. The number of hydrogen-bond acceptors (Lipinski definition) is 0. The first-order chi connectivity index (χ1) is 2.89. The zero-order valence-corrected chi connectivity index (χ0v) is 3.24. The van der Waals surface area contributed by atoms with Crippen molar-refractivity contribution in [1.29, 1.82) is 0 Å². The Balaban J connectivity index is 2.68. The van der Waals surface area contributed by atoms with Gasteiger partial charge in [0.1, 0.15) is 5.83 Å². The summed E-state index contributed by atoms with van der Waals surface area (Å²) in [6.45, 7) is 0. The van der Waals surface area contributed by atoms with Crippen LogP contribution in [0, 0.1) is 6.08 Å². The Bertz CT molecular complexity index is 97.8. The normalized spacial score (nSPS) is 18.5. The van der Waals surface area contributed by atoms with E-state index in [4.69, 9.17) is 0 Å². The molecule has 0 aromatic rings. The molecule has 0 atom stereocenters. The average molecular weight is 83.1 g/mol. The van der Waals surface area contributed by atoms with E-state index >= 15 is 0 Å². The highest BCUT2D eigenvalue weighted by atomic mass is 19.1. The Morgan fingerprint density at radius 1 is 1.83 bits per heavy atom. The molecule has 1 aliphatic rings. The third kappa shape index (κ3) is 0.482. The Labute approximate surface area is 36.0 Å². The summed E-state index contributed by atoms with van der Waals surface area (Å²) in [5.41, 5.74) is 0. The molecule has 0 unspecified atom stereocenters. The highest BCUT2D eigenvalue weighted by Crippen LogP contribution is 2.06. The van der Waals surface area contributed by atoms with Gasteiger partial charge in [-0.3, -0.25) is 0 Å². The van der Waals surface area contributed by atoms with Crippen molar-refractivity contribution in [3.63, 3.8) is 0 Å². The first-order valence-corrected chi connectivity index (χ1v) is 1.82. The molecule has 1 heteroatoms. The lowest BCUT2D eigenvalue weighted by molar-refractivity contribution is 0.664. The smallest absolute Gasteiger partial charge is 0.126 e. The molecular weight excluding hydrogens is 79.1 g/mol. The van der Waals surface area contributed by atoms with Gasteiger partial charge in [-0.25, -0.2) is 4.39 Å². The van der Waals surface area contributed by atoms with E-state index in [-0.39, 0.29) is 5.83 Å². The predicted octanol–water partition coefficient (Wildman–Crippen LogP) is 1.60. The Kier molecular flexibility index (Phi) is 0.748. The van der Waals surface area contributed by atoms with Gasteiger partial charge in [-0.05, 0) is 18.6 Å². The topological polar surface area (TPSA) is 0 Å². The van der Waals surface area contributed by atoms with Crippen LogP contribution in [0.1, 0.15) is 6.42 Å². The van der Waals surface area contributed by atoms with Crippen molar-refractivity contribution in [2.24, 2.45) is 0 Å². The van der Waals surface area contributed by atoms with E-state index in [2.05, 4.69) is 6.08 Å². The minimum Gasteiger partial charge on any atom is -0.207 e. The molecule has 0 saturated carbocycles. The summed E-state index contributed by atoms with van der Waals surface area (Å²) in [7, 11) is 0. The fraction of sp³-hybridized carbons (Fsp3) is 0.200. The first kappa shape index (κ1) is 3.59. The molecule has 1 rings (SSSR count). The van der Waals surface area contributed by atoms with Gasteiger partial charge in [-0.15, -0.1) is 0 Å². The molecule has 0 N–H and O–H groups in total. The van der Waals surface area contributed by atoms with E-state index < -0.39 is 0 Å². The Hall–Kier alpha value is -0.590. The van der Waals surface area contributed by atoms with Crippen molar-refractivity contribution in [3.8, 4) is 0 Å². The summed E-state index contributed by atoms with van der Waals surface area (Å²) < 4.78 is 11.6. The highest BCUT2D eigenvalue weighted by Gasteiger charge is 1.90. The second-order valence-electron chi connectivity index (χ2n) is 1.13. The van der Waals surface area contributed by atoms with Crippen molar-refractivity contribution in [2.75, 3.05) is 0 Å². The minimum atomic E-state index is -0.227. The van der Waals surface area contributed by atoms with Crippen LogP contribution < -0.4 is 0 Å². The maximum absolute atomic E-state index is 11.6. The molecule has 0 amide bonds. The summed E-state index contributed by atoms with van der Waals surface area (Å²) in [5, 5.41) is 0. The molecular formula is C5H4F. The van der Waals surface area contributed by atoms with E-state index in [9.17, 15) is 4.39 Å². The molecule has 0 aromatic carbocycles. The lowest BCUT2D eigenvalue weighted by Crippen LogP contribution is -1.49. The monoisotopic (exact) mass is 83.0 g/mol. The van der Waals surface area contributed by atoms with E-state index in [1.165, 1.54) is 6.08 Å². The Morgan fingerprint density at radius 3 is 2.83 bits per heavy atom. The van der Waals surface area contributed by atoms with Crippen LogP contribution in [0.25, 0.3) is 0 Å². The number of rotatable bonds is 0. The molecule has 0 aliphatic heterocycles. The van der Waals surface area contributed by atoms with Crippen LogP contribution in [0.4, 0.5) is 4.39 Å². The molecule has 0 aromatic heterocycles. The molecule has 6 heavy (non-hydrogen) atoms. The number of hydrogen-bond donors (Lipinski definition) is 0. The van der Waals surface area contributed by atoms with Gasteiger partial charge in [0.05, 0.1) is 0 Å². The molecule has 0 heterocycles. The van der Waals surface area contributed by atoms with Crippen LogP contribution in [-0.2, 0) is 0 Å². The van der Waals surface area contributed by atoms with Gasteiger partial charge in [0.25, 0.3) is 0 Å². The summed E-state index contributed by atoms with van der Waals surface area (Å²) in [5.74, 6) is -0.227. The lowest BCUT2D eigenvalue weighted by atomic mass is 10.5. The van der Waals surface area contributed by atoms with E-state index in [0.717, 1.165) is 0 Å². The second kappa shape index (κ2) is 1.25. The van der Waals surface area contributed by atoms with Crippen LogP contribution >= 0.6 is 0 Å². The van der Waals surface area contributed by atoms with Crippen LogP contribution in [0.2, 0.25) is 0 Å². The molecule has 1 radical (unpaired) electrons. The van der Waals surface area contributed by atoms with Crippen LogP contribution in [-0.4, -0.2) is 0 Å². The Morgan fingerprint density at radius 2 is 2.67 bits per heavy atom. The molecule has 0 saturated heterocycles. The van der Waals surface area contributed by atoms with Gasteiger partial charge in [0.15, 0.2) is 0 Å². The fourth-order valence-corrected chi connectivity index (χ4v) is 0.378. The maximum Gasteiger partial charge on any atom is 0.126 e. The third-order valence-corrected chi connectivity index (χ3v) is 0.653. The molecule has 0 fully saturated rings. The van der Waals surface area contributed by atoms with E-state index in [1.54, 1.807) is 6.08 Å². The van der Waals surface area contributed by atoms with Crippen molar-refractivity contribution >= 4 is 0 Å². The van der Waals surface area contributed by atoms with Crippen molar-refractivity contribution < 1.29 is 4.39 Å². The quantitative estimate of drug-likeness (QED) is 0.417. The van der Waals surface area contributed by atoms with Gasteiger partial charge in [0.2, 0.25) is 0 Å². The van der Waals surface area contributed by atoms with Gasteiger partial charge in [-0.1, -0.05) is 6.08 Å². The lowest BCUT2D eigenvalue weighted by Gasteiger charge is -1.66. The zero-order chi connectivity index (χ0) is 4.41. The zero-order valence-electron chi connectivity index (χ0n) is 3.24. The van der Waals surface area contributed by atoms with Gasteiger partial charge < -0.3 is 0 Å². The molecule has 0 nitrogen and oxygen atoms in total. The third-order valence-electron chi connectivity index (χ3n) is 0.653. The summed E-state index contributed by atoms with van der Waals surface area (Å²) in [6.07, 6.45) is 6.25. The number of allylic oxidation sites excluding steroid dienone is 4. The molecule has 1 aliphatic carbocycles. The van der Waals surface area contributed by atoms with Gasteiger partial charge >= 0.3 is 0 Å².